The molecule has 4 aliphatic rings. The average Bonchev–Trinajstić information content (AvgIpc) is 3.77. The molecule has 4 aliphatic heterocycles. The normalized spacial score (nSPS) is 25.0. The van der Waals surface area contributed by atoms with E-state index < -0.39 is 31.6 Å². The van der Waals surface area contributed by atoms with E-state index in [1.807, 2.05) is 79.7 Å². The molecule has 9 nitrogen and oxygen atoms in total. The van der Waals surface area contributed by atoms with Crippen LogP contribution >= 0.6 is 15.9 Å². The predicted molar refractivity (Wildman–Crippen MR) is 206 cm³/mol. The van der Waals surface area contributed by atoms with Crippen molar-refractivity contribution in [3.05, 3.63) is 112 Å². The second-order valence-corrected chi connectivity index (χ2v) is 19.7. The molecule has 0 aromatic heterocycles. The highest BCUT2D eigenvalue weighted by Crippen LogP contribution is 2.60. The lowest BCUT2D eigenvalue weighted by Gasteiger charge is -2.31. The van der Waals surface area contributed by atoms with E-state index in [1.165, 1.54) is 0 Å². The van der Waals surface area contributed by atoms with Gasteiger partial charge in [-0.15, -0.1) is 0 Å². The number of hydrogen-bond donors (Lipinski definition) is 1. The molecule has 5 atom stereocenters. The largest absolute Gasteiger partial charge is 0.454 e. The Morgan fingerprint density at radius 3 is 2.51 bits per heavy atom. The molecule has 274 valence electrons. The highest BCUT2D eigenvalue weighted by atomic mass is 79.9. The molecule has 4 aromatic carbocycles. The number of rotatable bonds is 7. The summed E-state index contributed by atoms with van der Waals surface area (Å²) in [5.41, 5.74) is 1.53. The van der Waals surface area contributed by atoms with Crippen LogP contribution in [0.2, 0.25) is 18.6 Å². The lowest BCUT2D eigenvalue weighted by atomic mass is 9.82. The van der Waals surface area contributed by atoms with Crippen molar-refractivity contribution in [1.29, 1.82) is 0 Å². The molecule has 53 heavy (non-hydrogen) atoms. The number of ether oxygens (including phenoxy) is 2. The smallest absolute Gasteiger partial charge is 0.266 e. The number of hydrogen-bond acceptors (Lipinski definition) is 6. The maximum absolute atomic E-state index is 16.4. The standard InChI is InChI=1S/C41H41BrFN3O6Si/c1-25-38(53(2,3)43)36(22-37(48)44-19-9-12-29(44)24-47)52-41(25)31-21-27(42)17-18-32(31)45(40(41)50)23-26-10-8-11-28(20-26)46-33-14-5-7-16-35(33)51-34-15-6-4-13-30(34)39(46)49/h4-8,10-11,13-18,20-21,25,29,36,38,47H,9,12,19,22-24H2,1-3H3/t25-,29+,36+,38-,41+/m1/s1. The first-order valence-corrected chi connectivity index (χ1v) is 21.9. The lowest BCUT2D eigenvalue weighted by molar-refractivity contribution is -0.150. The van der Waals surface area contributed by atoms with Crippen molar-refractivity contribution in [2.24, 2.45) is 5.92 Å². The van der Waals surface area contributed by atoms with Gasteiger partial charge in [0.2, 0.25) is 14.3 Å². The number of para-hydroxylation sites is 3. The second-order valence-electron chi connectivity index (χ2n) is 15.0. The molecule has 0 aliphatic carbocycles. The quantitative estimate of drug-likeness (QED) is 0.150. The molecular formula is C41H41BrFN3O6Si. The Balaban J connectivity index is 1.15. The van der Waals surface area contributed by atoms with E-state index in [0.717, 1.165) is 22.9 Å². The first-order valence-electron chi connectivity index (χ1n) is 18.1. The Hall–Kier alpha value is -4.36. The van der Waals surface area contributed by atoms with E-state index in [1.54, 1.807) is 46.0 Å². The van der Waals surface area contributed by atoms with Gasteiger partial charge in [-0.05, 0) is 86.1 Å². The fraction of sp³-hybridized carbons (Fsp3) is 0.341. The van der Waals surface area contributed by atoms with E-state index in [0.29, 0.717) is 46.2 Å². The van der Waals surface area contributed by atoms with Crippen molar-refractivity contribution in [1.82, 2.24) is 4.90 Å². The summed E-state index contributed by atoms with van der Waals surface area (Å²) < 4.78 is 30.2. The van der Waals surface area contributed by atoms with E-state index in [9.17, 15) is 14.7 Å². The van der Waals surface area contributed by atoms with Crippen LogP contribution in [0.1, 0.15) is 47.7 Å². The van der Waals surface area contributed by atoms with Crippen LogP contribution in [0.25, 0.3) is 0 Å². The predicted octanol–water partition coefficient (Wildman–Crippen LogP) is 8.23. The average molecular weight is 799 g/mol. The minimum Gasteiger partial charge on any atom is -0.454 e. The summed E-state index contributed by atoms with van der Waals surface area (Å²) >= 11 is 3.60. The zero-order valence-corrected chi connectivity index (χ0v) is 32.4. The molecule has 12 heteroatoms. The number of benzene rings is 4. The van der Waals surface area contributed by atoms with Crippen LogP contribution in [0.3, 0.4) is 0 Å². The summed E-state index contributed by atoms with van der Waals surface area (Å²) in [5.74, 6) is -0.303. The van der Waals surface area contributed by atoms with Crippen LogP contribution in [0.4, 0.5) is 21.2 Å². The number of carbonyl (C=O) groups excluding carboxylic acids is 3. The summed E-state index contributed by atoms with van der Waals surface area (Å²) in [6.45, 7) is 5.69. The third-order valence-electron chi connectivity index (χ3n) is 11.4. The van der Waals surface area contributed by atoms with Gasteiger partial charge in [0.15, 0.2) is 11.4 Å². The van der Waals surface area contributed by atoms with Crippen LogP contribution in [0.15, 0.2) is 95.5 Å². The Morgan fingerprint density at radius 2 is 1.74 bits per heavy atom. The molecule has 8 rings (SSSR count). The minimum atomic E-state index is -3.50. The molecule has 0 radical (unpaired) electrons. The van der Waals surface area contributed by atoms with Crippen molar-refractivity contribution >= 4 is 59.1 Å². The summed E-state index contributed by atoms with van der Waals surface area (Å²) in [6, 6.07) is 27.4. The van der Waals surface area contributed by atoms with Gasteiger partial charge in [0.05, 0.1) is 48.7 Å². The minimum absolute atomic E-state index is 0.0650. The fourth-order valence-electron chi connectivity index (χ4n) is 9.06. The molecule has 2 fully saturated rings. The third-order valence-corrected chi connectivity index (χ3v) is 14.3. The number of aliphatic hydroxyl groups excluding tert-OH is 1. The van der Waals surface area contributed by atoms with Crippen LogP contribution in [-0.2, 0) is 26.5 Å². The van der Waals surface area contributed by atoms with Gasteiger partial charge in [-0.2, -0.15) is 0 Å². The topological polar surface area (TPSA) is 99.6 Å². The first kappa shape index (κ1) is 35.7. The van der Waals surface area contributed by atoms with Crippen molar-refractivity contribution in [3.63, 3.8) is 0 Å². The molecule has 1 N–H and O–H groups in total. The number of halogens is 2. The van der Waals surface area contributed by atoms with E-state index in [-0.39, 0.29) is 43.3 Å². The molecule has 4 heterocycles. The van der Waals surface area contributed by atoms with Crippen LogP contribution in [-0.4, -0.2) is 61.4 Å². The Labute approximate surface area is 317 Å². The van der Waals surface area contributed by atoms with Crippen LogP contribution in [0, 0.1) is 5.92 Å². The molecular weight excluding hydrogens is 757 g/mol. The van der Waals surface area contributed by atoms with Gasteiger partial charge in [-0.1, -0.05) is 59.3 Å². The van der Waals surface area contributed by atoms with Crippen molar-refractivity contribution in [3.8, 4) is 11.5 Å². The van der Waals surface area contributed by atoms with E-state index in [2.05, 4.69) is 15.9 Å². The molecule has 0 bridgehead atoms. The van der Waals surface area contributed by atoms with Gasteiger partial charge in [0.1, 0.15) is 5.75 Å². The van der Waals surface area contributed by atoms with E-state index in [4.69, 9.17) is 9.47 Å². The van der Waals surface area contributed by atoms with E-state index >= 15 is 8.90 Å². The number of amides is 3. The molecule has 3 amide bonds. The second kappa shape index (κ2) is 13.5. The third kappa shape index (κ3) is 5.90. The number of fused-ring (bicyclic) bond motifs is 4. The summed E-state index contributed by atoms with van der Waals surface area (Å²) in [7, 11) is -3.50. The molecule has 2 saturated heterocycles. The Bertz CT molecular complexity index is 2130. The maximum atomic E-state index is 16.4. The van der Waals surface area contributed by atoms with Gasteiger partial charge >= 0.3 is 0 Å². The monoisotopic (exact) mass is 797 g/mol. The van der Waals surface area contributed by atoms with Gasteiger partial charge in [-0.25, -0.2) is 0 Å². The summed E-state index contributed by atoms with van der Waals surface area (Å²) in [5, 5.41) is 9.90. The zero-order valence-electron chi connectivity index (χ0n) is 29.8. The SMILES string of the molecule is C[C@@H]1[C@@H]([Si](C)(C)F)[C@H](CC(=O)N2CCC[C@H]2CO)O[C@@]12C(=O)N(Cc1cccc(N3C(=O)c4ccccc4Oc4ccccc43)c1)c1ccc(Br)cc12. The van der Waals surface area contributed by atoms with Crippen molar-refractivity contribution in [2.45, 2.75) is 69.1 Å². The van der Waals surface area contributed by atoms with Crippen molar-refractivity contribution < 1.29 is 33.1 Å². The zero-order chi connectivity index (χ0) is 37.2. The molecule has 1 spiro atoms. The highest BCUT2D eigenvalue weighted by molar-refractivity contribution is 9.10. The Kier molecular flexibility index (Phi) is 9.08. The number of carbonyl (C=O) groups is 3. The van der Waals surface area contributed by atoms with Crippen molar-refractivity contribution in [2.75, 3.05) is 23.0 Å². The summed E-state index contributed by atoms with van der Waals surface area (Å²) in [4.78, 5) is 47.8. The molecule has 0 saturated carbocycles. The summed E-state index contributed by atoms with van der Waals surface area (Å²) in [6.07, 6.45) is 0.633. The van der Waals surface area contributed by atoms with Gasteiger partial charge in [0.25, 0.3) is 11.8 Å². The Morgan fingerprint density at radius 1 is 0.981 bits per heavy atom. The number of aliphatic hydroxyl groups is 1. The maximum Gasteiger partial charge on any atom is 0.266 e. The van der Waals surface area contributed by atoms with Gasteiger partial charge in [0, 0.05) is 33.7 Å². The van der Waals surface area contributed by atoms with Crippen LogP contribution in [0.5, 0.6) is 11.5 Å². The highest BCUT2D eigenvalue weighted by Gasteiger charge is 2.67. The number of anilines is 3. The number of nitrogens with zero attached hydrogens (tertiary/aromatic N) is 3. The number of likely N-dealkylation sites (tertiary alicyclic amines) is 1. The van der Waals surface area contributed by atoms with Gasteiger partial charge < -0.3 is 28.5 Å². The van der Waals surface area contributed by atoms with Gasteiger partial charge in [-0.3, -0.25) is 19.3 Å². The first-order chi connectivity index (χ1) is 25.4. The molecule has 4 aromatic rings. The molecule has 0 unspecified atom stereocenters. The fourth-order valence-corrected chi connectivity index (χ4v) is 11.9. The van der Waals surface area contributed by atoms with Crippen LogP contribution < -0.4 is 14.5 Å². The lowest BCUT2D eigenvalue weighted by Crippen LogP contribution is -2.45.